The van der Waals surface area contributed by atoms with E-state index in [1.54, 1.807) is 6.08 Å². The van der Waals surface area contributed by atoms with Crippen molar-refractivity contribution in [1.82, 2.24) is 4.37 Å². The lowest BCUT2D eigenvalue weighted by Crippen LogP contribution is -1.85. The Morgan fingerprint density at radius 2 is 2.55 bits per heavy atom. The molecule has 11 heavy (non-hydrogen) atoms. The third kappa shape index (κ3) is 2.16. The summed E-state index contributed by atoms with van der Waals surface area (Å²) in [6, 6.07) is 0. The highest BCUT2D eigenvalue weighted by Gasteiger charge is 1.95. The van der Waals surface area contributed by atoms with Gasteiger partial charge in [0, 0.05) is 17.0 Å². The predicted molar refractivity (Wildman–Crippen MR) is 43.5 cm³/mol. The minimum Gasteiger partial charge on any atom is -0.478 e. The van der Waals surface area contributed by atoms with Crippen molar-refractivity contribution in [3.63, 3.8) is 0 Å². The molecule has 0 unspecified atom stereocenters. The van der Waals surface area contributed by atoms with Crippen LogP contribution >= 0.6 is 11.5 Å². The zero-order chi connectivity index (χ0) is 8.27. The summed E-state index contributed by atoms with van der Waals surface area (Å²) in [4.78, 5) is 10.1. The van der Waals surface area contributed by atoms with Crippen molar-refractivity contribution in [1.29, 1.82) is 0 Å². The molecule has 4 heteroatoms. The van der Waals surface area contributed by atoms with Crippen LogP contribution in [0.2, 0.25) is 0 Å². The van der Waals surface area contributed by atoms with Gasteiger partial charge in [-0.3, -0.25) is 0 Å². The van der Waals surface area contributed by atoms with E-state index < -0.39 is 5.97 Å². The average Bonchev–Trinajstić information content (AvgIpc) is 2.31. The second-order valence-corrected chi connectivity index (χ2v) is 2.66. The van der Waals surface area contributed by atoms with E-state index in [0.717, 1.165) is 17.3 Å². The molecule has 0 aliphatic carbocycles. The quantitative estimate of drug-likeness (QED) is 0.683. The van der Waals surface area contributed by atoms with Crippen LogP contribution in [0.1, 0.15) is 11.3 Å². The maximum atomic E-state index is 10.1. The van der Waals surface area contributed by atoms with Crippen molar-refractivity contribution in [3.8, 4) is 0 Å². The number of aryl methyl sites for hydroxylation is 1. The highest BCUT2D eigenvalue weighted by Crippen LogP contribution is 2.10. The van der Waals surface area contributed by atoms with Crippen LogP contribution in [-0.4, -0.2) is 15.4 Å². The summed E-state index contributed by atoms with van der Waals surface area (Å²) >= 11 is 1.32. The van der Waals surface area contributed by atoms with Gasteiger partial charge in [-0.25, -0.2) is 4.79 Å². The molecule has 1 aromatic rings. The standard InChI is InChI=1S/C7H7NO2S/c1-5-6(4-11-8-5)2-3-7(9)10/h2-4H,1H3,(H,9,10)/b3-2+. The summed E-state index contributed by atoms with van der Waals surface area (Å²) in [5.74, 6) is -0.935. The predicted octanol–water partition coefficient (Wildman–Crippen LogP) is 1.55. The molecule has 0 atom stereocenters. The van der Waals surface area contributed by atoms with Gasteiger partial charge >= 0.3 is 5.97 Å². The summed E-state index contributed by atoms with van der Waals surface area (Å²) in [5.41, 5.74) is 1.74. The van der Waals surface area contributed by atoms with Gasteiger partial charge in [0.25, 0.3) is 0 Å². The molecule has 0 bridgehead atoms. The summed E-state index contributed by atoms with van der Waals surface area (Å²) in [5, 5.41) is 10.1. The van der Waals surface area contributed by atoms with Crippen molar-refractivity contribution in [2.75, 3.05) is 0 Å². The van der Waals surface area contributed by atoms with Gasteiger partial charge in [0.05, 0.1) is 5.69 Å². The van der Waals surface area contributed by atoms with Gasteiger partial charge in [-0.2, -0.15) is 4.37 Å². The summed E-state index contributed by atoms with van der Waals surface area (Å²) in [6.45, 7) is 1.85. The molecule has 1 heterocycles. The highest BCUT2D eigenvalue weighted by molar-refractivity contribution is 7.03. The van der Waals surface area contributed by atoms with Gasteiger partial charge in [-0.15, -0.1) is 0 Å². The van der Waals surface area contributed by atoms with Crippen molar-refractivity contribution in [2.45, 2.75) is 6.92 Å². The fourth-order valence-corrected chi connectivity index (χ4v) is 1.30. The Morgan fingerprint density at radius 3 is 3.00 bits per heavy atom. The number of rotatable bonds is 2. The number of nitrogens with zero attached hydrogens (tertiary/aromatic N) is 1. The molecule has 1 rings (SSSR count). The second-order valence-electron chi connectivity index (χ2n) is 2.03. The first-order valence-electron chi connectivity index (χ1n) is 3.02. The number of hydrogen-bond acceptors (Lipinski definition) is 3. The Labute approximate surface area is 68.2 Å². The van der Waals surface area contributed by atoms with Crippen LogP contribution < -0.4 is 0 Å². The van der Waals surface area contributed by atoms with E-state index >= 15 is 0 Å². The molecule has 1 aromatic heterocycles. The highest BCUT2D eigenvalue weighted by atomic mass is 32.1. The fourth-order valence-electron chi connectivity index (χ4n) is 0.621. The molecule has 0 aromatic carbocycles. The Hall–Kier alpha value is -1.16. The molecule has 0 saturated heterocycles. The maximum absolute atomic E-state index is 10.1. The summed E-state index contributed by atoms with van der Waals surface area (Å²) < 4.78 is 3.99. The van der Waals surface area contributed by atoms with E-state index in [9.17, 15) is 4.79 Å². The van der Waals surface area contributed by atoms with Crippen LogP contribution in [0, 0.1) is 6.92 Å². The smallest absolute Gasteiger partial charge is 0.328 e. The van der Waals surface area contributed by atoms with Crippen LogP contribution in [0.4, 0.5) is 0 Å². The van der Waals surface area contributed by atoms with Crippen LogP contribution in [0.25, 0.3) is 6.08 Å². The number of aliphatic carboxylic acids is 1. The molecule has 3 nitrogen and oxygen atoms in total. The molecule has 0 radical (unpaired) electrons. The molecule has 0 amide bonds. The molecule has 0 saturated carbocycles. The van der Waals surface area contributed by atoms with Crippen molar-refractivity contribution in [2.24, 2.45) is 0 Å². The van der Waals surface area contributed by atoms with Gasteiger partial charge in [0.2, 0.25) is 0 Å². The molecular formula is C7H7NO2S. The number of carboxylic acid groups (broad SMARTS) is 1. The Balaban J connectivity index is 2.79. The van der Waals surface area contributed by atoms with E-state index in [-0.39, 0.29) is 0 Å². The largest absolute Gasteiger partial charge is 0.478 e. The van der Waals surface area contributed by atoms with Gasteiger partial charge < -0.3 is 5.11 Å². The van der Waals surface area contributed by atoms with Gasteiger partial charge in [0.1, 0.15) is 0 Å². The van der Waals surface area contributed by atoms with E-state index in [1.165, 1.54) is 11.5 Å². The fraction of sp³-hybridized carbons (Fsp3) is 0.143. The maximum Gasteiger partial charge on any atom is 0.328 e. The first-order chi connectivity index (χ1) is 5.20. The van der Waals surface area contributed by atoms with E-state index in [0.29, 0.717) is 0 Å². The van der Waals surface area contributed by atoms with Crippen LogP contribution in [0.15, 0.2) is 11.5 Å². The summed E-state index contributed by atoms with van der Waals surface area (Å²) in [7, 11) is 0. The third-order valence-electron chi connectivity index (χ3n) is 1.19. The minimum absolute atomic E-state index is 0.868. The Kier molecular flexibility index (Phi) is 2.38. The first kappa shape index (κ1) is 7.94. The normalized spacial score (nSPS) is 10.6. The molecular weight excluding hydrogens is 162 g/mol. The Bertz CT molecular complexity index is 290. The molecule has 0 aliphatic rings. The topological polar surface area (TPSA) is 50.2 Å². The third-order valence-corrected chi connectivity index (χ3v) is 1.93. The zero-order valence-corrected chi connectivity index (χ0v) is 6.76. The summed E-state index contributed by atoms with van der Waals surface area (Å²) in [6.07, 6.45) is 2.65. The van der Waals surface area contributed by atoms with Crippen molar-refractivity contribution >= 4 is 23.6 Å². The van der Waals surface area contributed by atoms with E-state index in [2.05, 4.69) is 4.37 Å². The van der Waals surface area contributed by atoms with Gasteiger partial charge in [0.15, 0.2) is 0 Å². The van der Waals surface area contributed by atoms with Gasteiger partial charge in [-0.1, -0.05) is 0 Å². The first-order valence-corrected chi connectivity index (χ1v) is 3.86. The molecule has 0 aliphatic heterocycles. The lowest BCUT2D eigenvalue weighted by Gasteiger charge is -1.84. The van der Waals surface area contributed by atoms with Crippen LogP contribution in [0.3, 0.4) is 0 Å². The van der Waals surface area contributed by atoms with Crippen molar-refractivity contribution < 1.29 is 9.90 Å². The SMILES string of the molecule is Cc1nscc1/C=C/C(=O)O. The minimum atomic E-state index is -0.935. The number of carboxylic acids is 1. The number of aromatic nitrogens is 1. The number of hydrogen-bond donors (Lipinski definition) is 1. The van der Waals surface area contributed by atoms with E-state index in [4.69, 9.17) is 5.11 Å². The van der Waals surface area contributed by atoms with Crippen LogP contribution in [-0.2, 0) is 4.79 Å². The Morgan fingerprint density at radius 1 is 1.82 bits per heavy atom. The zero-order valence-electron chi connectivity index (χ0n) is 5.94. The lowest BCUT2D eigenvalue weighted by molar-refractivity contribution is -0.131. The van der Waals surface area contributed by atoms with E-state index in [1.807, 2.05) is 12.3 Å². The lowest BCUT2D eigenvalue weighted by atomic mass is 10.2. The molecule has 0 spiro atoms. The number of carbonyl (C=O) groups is 1. The second kappa shape index (κ2) is 3.30. The van der Waals surface area contributed by atoms with Gasteiger partial charge in [-0.05, 0) is 24.5 Å². The van der Waals surface area contributed by atoms with Crippen molar-refractivity contribution in [3.05, 3.63) is 22.7 Å². The molecule has 0 fully saturated rings. The average molecular weight is 169 g/mol. The molecule has 58 valence electrons. The molecule has 1 N–H and O–H groups in total. The monoisotopic (exact) mass is 169 g/mol. The van der Waals surface area contributed by atoms with Crippen LogP contribution in [0.5, 0.6) is 0 Å².